The van der Waals surface area contributed by atoms with E-state index in [-0.39, 0.29) is 17.5 Å². The van der Waals surface area contributed by atoms with Crippen LogP contribution in [0, 0.1) is 17.8 Å². The van der Waals surface area contributed by atoms with Crippen molar-refractivity contribution in [2.24, 2.45) is 17.8 Å². The van der Waals surface area contributed by atoms with Gasteiger partial charge in [-0.2, -0.15) is 0 Å². The number of esters is 1. The van der Waals surface area contributed by atoms with Crippen LogP contribution in [0.2, 0.25) is 0 Å². The molecule has 0 unspecified atom stereocenters. The van der Waals surface area contributed by atoms with Crippen LogP contribution >= 0.6 is 0 Å². The second-order valence-corrected chi connectivity index (χ2v) is 5.46. The number of rotatable bonds is 1. The molecule has 1 saturated heterocycles. The zero-order valence-electron chi connectivity index (χ0n) is 9.17. The summed E-state index contributed by atoms with van der Waals surface area (Å²) >= 11 is 0. The minimum Gasteiger partial charge on any atom is -0.460 e. The Bertz CT molecular complexity index is 244. The number of carbonyl (C=O) groups is 1. The lowest BCUT2D eigenvalue weighted by atomic mass is 9.67. The molecule has 1 aliphatic heterocycles. The topological polar surface area (TPSA) is 38.3 Å². The van der Waals surface area contributed by atoms with Gasteiger partial charge >= 0.3 is 5.97 Å². The summed E-state index contributed by atoms with van der Waals surface area (Å²) in [6.45, 7) is 7.86. The lowest BCUT2D eigenvalue weighted by Gasteiger charge is -2.39. The molecule has 1 N–H and O–H groups in total. The van der Waals surface area contributed by atoms with Crippen LogP contribution in [-0.4, -0.2) is 24.7 Å². The molecular formula is C11H19NO2. The Morgan fingerprint density at radius 1 is 1.36 bits per heavy atom. The first-order chi connectivity index (χ1) is 6.47. The molecule has 1 saturated carbocycles. The van der Waals surface area contributed by atoms with Gasteiger partial charge < -0.3 is 10.1 Å². The molecule has 2 aliphatic rings. The van der Waals surface area contributed by atoms with Crippen molar-refractivity contribution in [3.63, 3.8) is 0 Å². The molecule has 0 bridgehead atoms. The average molecular weight is 197 g/mol. The third-order valence-corrected chi connectivity index (χ3v) is 3.18. The van der Waals surface area contributed by atoms with E-state index in [1.165, 1.54) is 0 Å². The summed E-state index contributed by atoms with van der Waals surface area (Å²) in [7, 11) is 0. The lowest BCUT2D eigenvalue weighted by Crippen LogP contribution is -2.43. The average Bonchev–Trinajstić information content (AvgIpc) is 2.28. The number of hydrogen-bond donors (Lipinski definition) is 1. The summed E-state index contributed by atoms with van der Waals surface area (Å²) in [6, 6.07) is 0. The van der Waals surface area contributed by atoms with Gasteiger partial charge in [-0.3, -0.25) is 4.79 Å². The van der Waals surface area contributed by atoms with Crippen LogP contribution < -0.4 is 5.32 Å². The number of hydrogen-bond acceptors (Lipinski definition) is 3. The smallest absolute Gasteiger partial charge is 0.309 e. The zero-order chi connectivity index (χ0) is 10.3. The highest BCUT2D eigenvalue weighted by atomic mass is 16.6. The van der Waals surface area contributed by atoms with Gasteiger partial charge in [0, 0.05) is 0 Å². The van der Waals surface area contributed by atoms with Gasteiger partial charge in [0.15, 0.2) is 0 Å². The minimum absolute atomic E-state index is 0.00227. The van der Waals surface area contributed by atoms with Crippen molar-refractivity contribution >= 4 is 5.97 Å². The Morgan fingerprint density at radius 3 is 2.64 bits per heavy atom. The molecule has 3 heteroatoms. The second-order valence-electron chi connectivity index (χ2n) is 5.46. The van der Waals surface area contributed by atoms with Crippen LogP contribution in [0.5, 0.6) is 0 Å². The van der Waals surface area contributed by atoms with Crippen molar-refractivity contribution in [1.29, 1.82) is 0 Å². The Labute approximate surface area is 85.2 Å². The molecule has 80 valence electrons. The molecule has 2 fully saturated rings. The van der Waals surface area contributed by atoms with Crippen LogP contribution in [-0.2, 0) is 9.53 Å². The van der Waals surface area contributed by atoms with Gasteiger partial charge in [-0.25, -0.2) is 0 Å². The van der Waals surface area contributed by atoms with E-state index in [4.69, 9.17) is 4.74 Å². The Hall–Kier alpha value is -0.570. The van der Waals surface area contributed by atoms with Gasteiger partial charge in [0.1, 0.15) is 5.60 Å². The van der Waals surface area contributed by atoms with E-state index in [9.17, 15) is 4.79 Å². The predicted octanol–water partition coefficient (Wildman–Crippen LogP) is 1.18. The third kappa shape index (κ3) is 1.78. The van der Waals surface area contributed by atoms with E-state index in [1.54, 1.807) is 0 Å². The maximum atomic E-state index is 11.7. The minimum atomic E-state index is -0.339. The van der Waals surface area contributed by atoms with Crippen molar-refractivity contribution in [2.75, 3.05) is 13.1 Å². The molecule has 0 aromatic heterocycles. The summed E-state index contributed by atoms with van der Waals surface area (Å²) in [6.07, 6.45) is 1.02. The number of nitrogens with one attached hydrogen (secondary N) is 1. The van der Waals surface area contributed by atoms with Gasteiger partial charge in [0.25, 0.3) is 0 Å². The van der Waals surface area contributed by atoms with Crippen molar-refractivity contribution in [3.8, 4) is 0 Å². The molecule has 1 heterocycles. The van der Waals surface area contributed by atoms with Gasteiger partial charge in [-0.05, 0) is 52.1 Å². The van der Waals surface area contributed by atoms with Crippen LogP contribution in [0.25, 0.3) is 0 Å². The monoisotopic (exact) mass is 197 g/mol. The SMILES string of the molecule is CC(C)(C)OC(=O)[C@@H]1C[C@@H]2CNC[C@@H]21. The van der Waals surface area contributed by atoms with E-state index in [0.29, 0.717) is 5.92 Å². The van der Waals surface area contributed by atoms with E-state index in [1.807, 2.05) is 20.8 Å². The molecule has 3 nitrogen and oxygen atoms in total. The summed E-state index contributed by atoms with van der Waals surface area (Å²) in [4.78, 5) is 11.7. The summed E-state index contributed by atoms with van der Waals surface area (Å²) in [5, 5.41) is 3.32. The molecule has 0 amide bonds. The normalized spacial score (nSPS) is 36.1. The fourth-order valence-corrected chi connectivity index (χ4v) is 2.44. The number of fused-ring (bicyclic) bond motifs is 1. The lowest BCUT2D eigenvalue weighted by molar-refractivity contribution is -0.167. The molecule has 0 radical (unpaired) electrons. The fraction of sp³-hybridized carbons (Fsp3) is 0.909. The first-order valence-corrected chi connectivity index (χ1v) is 5.41. The van der Waals surface area contributed by atoms with Gasteiger partial charge in [0.05, 0.1) is 5.92 Å². The summed E-state index contributed by atoms with van der Waals surface area (Å²) < 4.78 is 5.38. The van der Waals surface area contributed by atoms with Crippen molar-refractivity contribution in [1.82, 2.24) is 5.32 Å². The Balaban J connectivity index is 1.88. The summed E-state index contributed by atoms with van der Waals surface area (Å²) in [5.74, 6) is 1.44. The third-order valence-electron chi connectivity index (χ3n) is 3.18. The van der Waals surface area contributed by atoms with Crippen LogP contribution in [0.3, 0.4) is 0 Å². The molecule has 0 aromatic carbocycles. The van der Waals surface area contributed by atoms with Crippen LogP contribution in [0.1, 0.15) is 27.2 Å². The highest BCUT2D eigenvalue weighted by molar-refractivity contribution is 5.74. The van der Waals surface area contributed by atoms with Crippen LogP contribution in [0.15, 0.2) is 0 Å². The van der Waals surface area contributed by atoms with Gasteiger partial charge in [-0.1, -0.05) is 0 Å². The standard InChI is InChI=1S/C11H19NO2/c1-11(2,3)14-10(13)8-4-7-5-12-6-9(7)8/h7-9,12H,4-6H2,1-3H3/t7-,8-,9+/m1/s1. The zero-order valence-corrected chi connectivity index (χ0v) is 9.17. The number of carbonyl (C=O) groups excluding carboxylic acids is 1. The van der Waals surface area contributed by atoms with E-state index >= 15 is 0 Å². The van der Waals surface area contributed by atoms with Crippen molar-refractivity contribution in [3.05, 3.63) is 0 Å². The molecular weight excluding hydrogens is 178 g/mol. The van der Waals surface area contributed by atoms with Crippen LogP contribution in [0.4, 0.5) is 0 Å². The maximum Gasteiger partial charge on any atom is 0.309 e. The van der Waals surface area contributed by atoms with Gasteiger partial charge in [0.2, 0.25) is 0 Å². The molecule has 0 spiro atoms. The predicted molar refractivity (Wildman–Crippen MR) is 53.8 cm³/mol. The quantitative estimate of drug-likeness (QED) is 0.642. The highest BCUT2D eigenvalue weighted by Crippen LogP contribution is 2.43. The van der Waals surface area contributed by atoms with E-state index < -0.39 is 0 Å². The second kappa shape index (κ2) is 3.23. The first kappa shape index (κ1) is 9.97. The van der Waals surface area contributed by atoms with Crippen molar-refractivity contribution < 1.29 is 9.53 Å². The largest absolute Gasteiger partial charge is 0.460 e. The fourth-order valence-electron chi connectivity index (χ4n) is 2.44. The molecule has 14 heavy (non-hydrogen) atoms. The summed E-state index contributed by atoms with van der Waals surface area (Å²) in [5.41, 5.74) is -0.339. The number of ether oxygens (including phenoxy) is 1. The molecule has 0 aromatic rings. The Kier molecular flexibility index (Phi) is 2.30. The maximum absolute atomic E-state index is 11.7. The Morgan fingerprint density at radius 2 is 2.07 bits per heavy atom. The molecule has 2 rings (SSSR count). The van der Waals surface area contributed by atoms with E-state index in [2.05, 4.69) is 5.32 Å². The van der Waals surface area contributed by atoms with Gasteiger partial charge in [-0.15, -0.1) is 0 Å². The highest BCUT2D eigenvalue weighted by Gasteiger charge is 2.48. The molecule has 3 atom stereocenters. The first-order valence-electron chi connectivity index (χ1n) is 5.41. The van der Waals surface area contributed by atoms with E-state index in [0.717, 1.165) is 25.4 Å². The van der Waals surface area contributed by atoms with Crippen molar-refractivity contribution in [2.45, 2.75) is 32.8 Å². The molecule has 1 aliphatic carbocycles.